The molecule has 0 amide bonds. The third-order valence-corrected chi connectivity index (χ3v) is 4.25. The van der Waals surface area contributed by atoms with Gasteiger partial charge >= 0.3 is 0 Å². The smallest absolute Gasteiger partial charge is 0.279 e. The van der Waals surface area contributed by atoms with Gasteiger partial charge in [-0.2, -0.15) is 0 Å². The van der Waals surface area contributed by atoms with Gasteiger partial charge in [-0.15, -0.1) is 11.3 Å². The second-order valence-corrected chi connectivity index (χ2v) is 6.59. The molecular formula is C9H5ClN2O3S2. The van der Waals surface area contributed by atoms with Crippen LogP contribution in [0.2, 0.25) is 0 Å². The fourth-order valence-electron chi connectivity index (χ4n) is 1.57. The summed E-state index contributed by atoms with van der Waals surface area (Å²) in [6, 6.07) is 3.30. The van der Waals surface area contributed by atoms with Crippen LogP contribution in [0.4, 0.5) is 0 Å². The van der Waals surface area contributed by atoms with Crippen molar-refractivity contribution in [2.24, 2.45) is 0 Å². The van der Waals surface area contributed by atoms with E-state index in [0.717, 1.165) is 0 Å². The van der Waals surface area contributed by atoms with Crippen LogP contribution in [-0.2, 0) is 9.05 Å². The highest BCUT2D eigenvalue weighted by atomic mass is 35.7. The molecule has 3 aromatic heterocycles. The maximum absolute atomic E-state index is 11.6. The monoisotopic (exact) mass is 288 g/mol. The number of thiazole rings is 1. The molecule has 0 radical (unpaired) electrons. The Kier molecular flexibility index (Phi) is 2.29. The van der Waals surface area contributed by atoms with Crippen molar-refractivity contribution in [2.75, 3.05) is 0 Å². The molecule has 0 aliphatic carbocycles. The molecule has 3 heterocycles. The van der Waals surface area contributed by atoms with Gasteiger partial charge < -0.3 is 4.42 Å². The summed E-state index contributed by atoms with van der Waals surface area (Å²) in [5.41, 5.74) is 0.233. The molecule has 0 aliphatic heterocycles. The van der Waals surface area contributed by atoms with E-state index in [9.17, 15) is 8.42 Å². The van der Waals surface area contributed by atoms with Crippen LogP contribution in [0.5, 0.6) is 0 Å². The molecule has 0 aromatic carbocycles. The number of hydrogen-bond acceptors (Lipinski definition) is 5. The minimum absolute atomic E-state index is 0.0645. The SMILES string of the molecule is O=S(=O)(Cl)c1c(-c2ccco2)nc2sccn12. The van der Waals surface area contributed by atoms with Crippen molar-refractivity contribution >= 4 is 36.0 Å². The summed E-state index contributed by atoms with van der Waals surface area (Å²) in [4.78, 5) is 4.76. The third kappa shape index (κ3) is 1.67. The Morgan fingerprint density at radius 1 is 1.47 bits per heavy atom. The van der Waals surface area contributed by atoms with E-state index in [-0.39, 0.29) is 10.7 Å². The molecule has 0 aliphatic rings. The average Bonchev–Trinajstić information content (AvgIpc) is 2.90. The lowest BCUT2D eigenvalue weighted by atomic mass is 10.3. The van der Waals surface area contributed by atoms with Gasteiger partial charge in [0.2, 0.25) is 0 Å². The first-order valence-corrected chi connectivity index (χ1v) is 7.70. The molecule has 0 fully saturated rings. The third-order valence-electron chi connectivity index (χ3n) is 2.20. The average molecular weight is 289 g/mol. The molecule has 0 atom stereocenters. The largest absolute Gasteiger partial charge is 0.463 e. The maximum Gasteiger partial charge on any atom is 0.279 e. The molecule has 0 saturated carbocycles. The quantitative estimate of drug-likeness (QED) is 0.680. The number of rotatable bonds is 2. The number of furan rings is 1. The first-order valence-electron chi connectivity index (χ1n) is 4.51. The molecule has 0 spiro atoms. The Bertz CT molecular complexity index is 770. The fraction of sp³-hybridized carbons (Fsp3) is 0. The van der Waals surface area contributed by atoms with Crippen molar-refractivity contribution in [3.05, 3.63) is 30.0 Å². The second kappa shape index (κ2) is 3.59. The molecule has 88 valence electrons. The van der Waals surface area contributed by atoms with Gasteiger partial charge in [0.1, 0.15) is 5.69 Å². The van der Waals surface area contributed by atoms with Gasteiger partial charge in [0.15, 0.2) is 15.7 Å². The van der Waals surface area contributed by atoms with Crippen molar-refractivity contribution in [2.45, 2.75) is 5.03 Å². The zero-order chi connectivity index (χ0) is 12.0. The Labute approximate surface area is 105 Å². The van der Waals surface area contributed by atoms with E-state index in [1.807, 2.05) is 0 Å². The van der Waals surface area contributed by atoms with E-state index in [4.69, 9.17) is 15.1 Å². The molecular weight excluding hydrogens is 284 g/mol. The van der Waals surface area contributed by atoms with E-state index >= 15 is 0 Å². The van der Waals surface area contributed by atoms with Crippen LogP contribution in [0.25, 0.3) is 16.4 Å². The number of hydrogen-bond donors (Lipinski definition) is 0. The maximum atomic E-state index is 11.6. The Hall–Kier alpha value is -1.31. The lowest BCUT2D eigenvalue weighted by Crippen LogP contribution is -1.97. The van der Waals surface area contributed by atoms with Crippen LogP contribution < -0.4 is 0 Å². The Balaban J connectivity index is 2.43. The predicted octanol–water partition coefficient (Wildman–Crippen LogP) is 2.58. The van der Waals surface area contributed by atoms with Gasteiger partial charge in [0, 0.05) is 22.3 Å². The summed E-state index contributed by atoms with van der Waals surface area (Å²) in [5, 5.41) is 1.67. The van der Waals surface area contributed by atoms with Crippen LogP contribution in [0.1, 0.15) is 0 Å². The van der Waals surface area contributed by atoms with Crippen LogP contribution in [0.3, 0.4) is 0 Å². The van der Waals surface area contributed by atoms with Crippen LogP contribution in [0.15, 0.2) is 39.4 Å². The van der Waals surface area contributed by atoms with Crippen molar-refractivity contribution < 1.29 is 12.8 Å². The molecule has 0 bridgehead atoms. The standard InChI is InChI=1S/C9H5ClN2O3S2/c10-17(13,14)8-7(6-2-1-4-15-6)11-9-12(8)3-5-16-9/h1-5H. The molecule has 3 rings (SSSR count). The number of aromatic nitrogens is 2. The van der Waals surface area contributed by atoms with Crippen LogP contribution >= 0.6 is 22.0 Å². The number of halogens is 1. The molecule has 8 heteroatoms. The highest BCUT2D eigenvalue weighted by Crippen LogP contribution is 2.31. The van der Waals surface area contributed by atoms with Crippen LogP contribution in [0, 0.1) is 0 Å². The number of imidazole rings is 1. The van der Waals surface area contributed by atoms with Gasteiger partial charge in [0.25, 0.3) is 9.05 Å². The van der Waals surface area contributed by atoms with E-state index in [1.165, 1.54) is 22.0 Å². The highest BCUT2D eigenvalue weighted by Gasteiger charge is 2.26. The Morgan fingerprint density at radius 3 is 2.94 bits per heavy atom. The van der Waals surface area contributed by atoms with Crippen molar-refractivity contribution in [3.8, 4) is 11.5 Å². The molecule has 17 heavy (non-hydrogen) atoms. The van der Waals surface area contributed by atoms with Gasteiger partial charge in [-0.05, 0) is 12.1 Å². The molecule has 3 aromatic rings. The molecule has 0 saturated heterocycles. The van der Waals surface area contributed by atoms with Gasteiger partial charge in [0.05, 0.1) is 6.26 Å². The van der Waals surface area contributed by atoms with E-state index in [1.54, 1.807) is 23.7 Å². The summed E-state index contributed by atoms with van der Waals surface area (Å²) < 4.78 is 29.8. The lowest BCUT2D eigenvalue weighted by molar-refractivity contribution is 0.576. The first kappa shape index (κ1) is 10.8. The predicted molar refractivity (Wildman–Crippen MR) is 63.8 cm³/mol. The number of nitrogens with zero attached hydrogens (tertiary/aromatic N) is 2. The van der Waals surface area contributed by atoms with Gasteiger partial charge in [-0.1, -0.05) is 0 Å². The van der Waals surface area contributed by atoms with E-state index in [0.29, 0.717) is 10.7 Å². The zero-order valence-electron chi connectivity index (χ0n) is 8.20. The summed E-state index contributed by atoms with van der Waals surface area (Å²) in [7, 11) is 1.54. The van der Waals surface area contributed by atoms with Crippen LogP contribution in [-0.4, -0.2) is 17.8 Å². The van der Waals surface area contributed by atoms with Crippen molar-refractivity contribution in [1.29, 1.82) is 0 Å². The normalized spacial score (nSPS) is 12.3. The topological polar surface area (TPSA) is 64.6 Å². The second-order valence-electron chi connectivity index (χ2n) is 3.24. The van der Waals surface area contributed by atoms with E-state index < -0.39 is 9.05 Å². The first-order chi connectivity index (χ1) is 8.07. The minimum atomic E-state index is -3.89. The summed E-state index contributed by atoms with van der Waals surface area (Å²) >= 11 is 1.32. The molecule has 0 unspecified atom stereocenters. The summed E-state index contributed by atoms with van der Waals surface area (Å²) in [5.74, 6) is 0.375. The fourth-order valence-corrected chi connectivity index (χ4v) is 3.55. The lowest BCUT2D eigenvalue weighted by Gasteiger charge is -1.96. The molecule has 5 nitrogen and oxygen atoms in total. The summed E-state index contributed by atoms with van der Waals surface area (Å²) in [6.45, 7) is 0. The molecule has 0 N–H and O–H groups in total. The highest BCUT2D eigenvalue weighted by molar-refractivity contribution is 8.13. The Morgan fingerprint density at radius 2 is 2.29 bits per heavy atom. The van der Waals surface area contributed by atoms with Gasteiger partial charge in [-0.3, -0.25) is 4.40 Å². The number of fused-ring (bicyclic) bond motifs is 1. The van der Waals surface area contributed by atoms with Crippen molar-refractivity contribution in [1.82, 2.24) is 9.38 Å². The van der Waals surface area contributed by atoms with Gasteiger partial charge in [-0.25, -0.2) is 13.4 Å². The minimum Gasteiger partial charge on any atom is -0.463 e. The van der Waals surface area contributed by atoms with Crippen molar-refractivity contribution in [3.63, 3.8) is 0 Å². The summed E-state index contributed by atoms with van der Waals surface area (Å²) in [6.07, 6.45) is 3.06. The van der Waals surface area contributed by atoms with E-state index in [2.05, 4.69) is 4.98 Å². The zero-order valence-corrected chi connectivity index (χ0v) is 10.6.